The molecule has 0 aliphatic heterocycles. The standard InChI is InChI=1S/C15H23NO2/c1-9-6-10(2)11(3)13(7-9)18-14(8-17)15(16)12-4-5-12/h6-7,12,14-15,17H,4-5,8,16H2,1-3H3. The number of hydrogen-bond donors (Lipinski definition) is 2. The Morgan fingerprint density at radius 1 is 1.33 bits per heavy atom. The van der Waals surface area contributed by atoms with E-state index in [1.165, 1.54) is 11.1 Å². The van der Waals surface area contributed by atoms with Gasteiger partial charge in [0.2, 0.25) is 0 Å². The Bertz CT molecular complexity index is 427. The minimum Gasteiger partial charge on any atom is -0.486 e. The molecule has 18 heavy (non-hydrogen) atoms. The molecule has 0 aromatic heterocycles. The molecule has 2 rings (SSSR count). The van der Waals surface area contributed by atoms with Crippen LogP contribution in [0.3, 0.4) is 0 Å². The van der Waals surface area contributed by atoms with Gasteiger partial charge in [-0.25, -0.2) is 0 Å². The van der Waals surface area contributed by atoms with Gasteiger partial charge in [0.25, 0.3) is 0 Å². The highest BCUT2D eigenvalue weighted by atomic mass is 16.5. The molecule has 100 valence electrons. The van der Waals surface area contributed by atoms with Crippen molar-refractivity contribution < 1.29 is 9.84 Å². The summed E-state index contributed by atoms with van der Waals surface area (Å²) in [5.74, 6) is 1.37. The average Bonchev–Trinajstić information content (AvgIpc) is 3.15. The van der Waals surface area contributed by atoms with Gasteiger partial charge in [-0.2, -0.15) is 0 Å². The first-order valence-electron chi connectivity index (χ1n) is 6.64. The Morgan fingerprint density at radius 2 is 2.00 bits per heavy atom. The predicted octanol–water partition coefficient (Wildman–Crippen LogP) is 2.09. The summed E-state index contributed by atoms with van der Waals surface area (Å²) in [5.41, 5.74) is 9.63. The summed E-state index contributed by atoms with van der Waals surface area (Å²) >= 11 is 0. The smallest absolute Gasteiger partial charge is 0.137 e. The van der Waals surface area contributed by atoms with Crippen molar-refractivity contribution in [1.29, 1.82) is 0 Å². The van der Waals surface area contributed by atoms with Gasteiger partial charge in [-0.15, -0.1) is 0 Å². The number of aliphatic hydroxyl groups excluding tert-OH is 1. The highest BCUT2D eigenvalue weighted by molar-refractivity contribution is 5.42. The third-order valence-corrected chi connectivity index (χ3v) is 3.82. The lowest BCUT2D eigenvalue weighted by atomic mass is 10.0. The molecule has 2 atom stereocenters. The molecule has 1 fully saturated rings. The molecular weight excluding hydrogens is 226 g/mol. The van der Waals surface area contributed by atoms with Gasteiger partial charge < -0.3 is 15.6 Å². The number of aryl methyl sites for hydroxylation is 2. The molecule has 1 aliphatic rings. The summed E-state index contributed by atoms with van der Waals surface area (Å²) in [6.07, 6.45) is 2.03. The quantitative estimate of drug-likeness (QED) is 0.840. The van der Waals surface area contributed by atoms with E-state index in [-0.39, 0.29) is 18.8 Å². The number of aliphatic hydroxyl groups is 1. The fourth-order valence-corrected chi connectivity index (χ4v) is 2.31. The van der Waals surface area contributed by atoms with E-state index in [2.05, 4.69) is 13.0 Å². The van der Waals surface area contributed by atoms with Gasteiger partial charge in [-0.3, -0.25) is 0 Å². The van der Waals surface area contributed by atoms with Gasteiger partial charge in [0.1, 0.15) is 11.9 Å². The molecule has 3 N–H and O–H groups in total. The fraction of sp³-hybridized carbons (Fsp3) is 0.600. The number of ether oxygens (including phenoxy) is 1. The molecule has 1 aliphatic carbocycles. The van der Waals surface area contributed by atoms with Gasteiger partial charge in [-0.05, 0) is 62.3 Å². The van der Waals surface area contributed by atoms with Crippen LogP contribution in [0.1, 0.15) is 29.5 Å². The SMILES string of the molecule is Cc1cc(C)c(C)c(OC(CO)C(N)C2CC2)c1. The zero-order valence-electron chi connectivity index (χ0n) is 11.4. The molecule has 1 aromatic carbocycles. The maximum absolute atomic E-state index is 9.46. The zero-order valence-corrected chi connectivity index (χ0v) is 11.4. The second kappa shape index (κ2) is 5.29. The highest BCUT2D eigenvalue weighted by Crippen LogP contribution is 2.34. The van der Waals surface area contributed by atoms with E-state index in [4.69, 9.17) is 10.5 Å². The van der Waals surface area contributed by atoms with Gasteiger partial charge in [0, 0.05) is 6.04 Å². The monoisotopic (exact) mass is 249 g/mol. The average molecular weight is 249 g/mol. The summed E-state index contributed by atoms with van der Waals surface area (Å²) < 4.78 is 5.94. The van der Waals surface area contributed by atoms with Crippen LogP contribution in [0.2, 0.25) is 0 Å². The second-order valence-electron chi connectivity index (χ2n) is 5.46. The van der Waals surface area contributed by atoms with Crippen molar-refractivity contribution in [1.82, 2.24) is 0 Å². The molecule has 3 nitrogen and oxygen atoms in total. The Kier molecular flexibility index (Phi) is 3.93. The first-order chi connectivity index (χ1) is 8.52. The van der Waals surface area contributed by atoms with Crippen molar-refractivity contribution in [2.24, 2.45) is 11.7 Å². The molecule has 0 amide bonds. The van der Waals surface area contributed by atoms with Crippen molar-refractivity contribution in [3.63, 3.8) is 0 Å². The van der Waals surface area contributed by atoms with Crippen LogP contribution in [0.15, 0.2) is 12.1 Å². The van der Waals surface area contributed by atoms with E-state index in [0.717, 1.165) is 24.2 Å². The van der Waals surface area contributed by atoms with Gasteiger partial charge in [0.05, 0.1) is 6.61 Å². The highest BCUT2D eigenvalue weighted by Gasteiger charge is 2.35. The molecule has 0 bridgehead atoms. The van der Waals surface area contributed by atoms with E-state index in [9.17, 15) is 5.11 Å². The van der Waals surface area contributed by atoms with E-state index in [0.29, 0.717) is 5.92 Å². The Morgan fingerprint density at radius 3 is 2.56 bits per heavy atom. The van der Waals surface area contributed by atoms with Crippen molar-refractivity contribution >= 4 is 0 Å². The van der Waals surface area contributed by atoms with Crippen LogP contribution >= 0.6 is 0 Å². The molecule has 0 saturated heterocycles. The summed E-state index contributed by atoms with van der Waals surface area (Å²) in [4.78, 5) is 0. The minimum atomic E-state index is -0.294. The fourth-order valence-electron chi connectivity index (χ4n) is 2.31. The van der Waals surface area contributed by atoms with Crippen molar-refractivity contribution in [3.8, 4) is 5.75 Å². The molecule has 1 aromatic rings. The summed E-state index contributed by atoms with van der Waals surface area (Å²) in [7, 11) is 0. The molecule has 3 heteroatoms. The Balaban J connectivity index is 2.15. The molecule has 2 unspecified atom stereocenters. The van der Waals surface area contributed by atoms with Gasteiger partial charge >= 0.3 is 0 Å². The number of rotatable bonds is 5. The Hall–Kier alpha value is -1.06. The number of nitrogens with two attached hydrogens (primary N) is 1. The number of hydrogen-bond acceptors (Lipinski definition) is 3. The van der Waals surface area contributed by atoms with Gasteiger partial charge in [-0.1, -0.05) is 6.07 Å². The molecule has 0 spiro atoms. The van der Waals surface area contributed by atoms with E-state index in [1.807, 2.05) is 19.9 Å². The minimum absolute atomic E-state index is 0.0237. The first kappa shape index (κ1) is 13.4. The lowest BCUT2D eigenvalue weighted by molar-refractivity contribution is 0.0875. The molecule has 0 radical (unpaired) electrons. The van der Waals surface area contributed by atoms with E-state index in [1.54, 1.807) is 0 Å². The van der Waals surface area contributed by atoms with Crippen molar-refractivity contribution in [2.45, 2.75) is 45.8 Å². The lowest BCUT2D eigenvalue weighted by Gasteiger charge is -2.24. The second-order valence-corrected chi connectivity index (χ2v) is 5.46. The maximum Gasteiger partial charge on any atom is 0.137 e. The summed E-state index contributed by atoms with van der Waals surface area (Å²) in [6.45, 7) is 6.14. The van der Waals surface area contributed by atoms with Crippen LogP contribution < -0.4 is 10.5 Å². The molecule has 0 heterocycles. The predicted molar refractivity (Wildman–Crippen MR) is 72.9 cm³/mol. The summed E-state index contributed by atoms with van der Waals surface area (Å²) in [6, 6.07) is 4.09. The van der Waals surface area contributed by atoms with Crippen LogP contribution in [-0.4, -0.2) is 23.9 Å². The Labute approximate surface area is 109 Å². The molecular formula is C15H23NO2. The molecule has 1 saturated carbocycles. The van der Waals surface area contributed by atoms with E-state index >= 15 is 0 Å². The first-order valence-corrected chi connectivity index (χ1v) is 6.64. The normalized spacial score (nSPS) is 18.5. The van der Waals surface area contributed by atoms with Crippen molar-refractivity contribution in [3.05, 3.63) is 28.8 Å². The van der Waals surface area contributed by atoms with Crippen LogP contribution in [0.5, 0.6) is 5.75 Å². The van der Waals surface area contributed by atoms with Crippen LogP contribution in [0.4, 0.5) is 0 Å². The topological polar surface area (TPSA) is 55.5 Å². The number of benzene rings is 1. The van der Waals surface area contributed by atoms with Gasteiger partial charge in [0.15, 0.2) is 0 Å². The summed E-state index contributed by atoms with van der Waals surface area (Å²) in [5, 5.41) is 9.46. The lowest BCUT2D eigenvalue weighted by Crippen LogP contribution is -2.43. The zero-order chi connectivity index (χ0) is 13.3. The maximum atomic E-state index is 9.46. The van der Waals surface area contributed by atoms with Crippen LogP contribution in [0.25, 0.3) is 0 Å². The van der Waals surface area contributed by atoms with Crippen LogP contribution in [0, 0.1) is 26.7 Å². The largest absolute Gasteiger partial charge is 0.486 e. The van der Waals surface area contributed by atoms with E-state index < -0.39 is 0 Å². The van der Waals surface area contributed by atoms with Crippen molar-refractivity contribution in [2.75, 3.05) is 6.61 Å². The van der Waals surface area contributed by atoms with Crippen LogP contribution in [-0.2, 0) is 0 Å². The third kappa shape index (κ3) is 2.85. The third-order valence-electron chi connectivity index (χ3n) is 3.82.